The molecule has 11 aromatic carbocycles. The van der Waals surface area contributed by atoms with E-state index in [2.05, 4.69) is 315 Å². The molecule has 11 aromatic rings. The van der Waals surface area contributed by atoms with E-state index in [1.165, 1.54) is 66.8 Å². The molecular weight excluding hydrogens is 917 g/mol. The number of para-hydroxylation sites is 1. The molecule has 0 aliphatic heterocycles. The third-order valence-corrected chi connectivity index (χ3v) is 15.5. The summed E-state index contributed by atoms with van der Waals surface area (Å²) in [5, 5.41) is 0. The number of hydrogen-bond donors (Lipinski definition) is 0. The average molecular weight is 971 g/mol. The van der Waals surface area contributed by atoms with E-state index in [9.17, 15) is 0 Å². The lowest BCUT2D eigenvalue weighted by Crippen LogP contribution is -2.26. The van der Waals surface area contributed by atoms with Gasteiger partial charge in [-0.2, -0.15) is 0 Å². The zero-order valence-corrected chi connectivity index (χ0v) is 42.4. The summed E-state index contributed by atoms with van der Waals surface area (Å²) >= 11 is 0. The second-order valence-electron chi connectivity index (χ2n) is 19.5. The van der Waals surface area contributed by atoms with Crippen LogP contribution < -0.4 is 9.80 Å². The van der Waals surface area contributed by atoms with Crippen LogP contribution in [0.15, 0.2) is 309 Å². The first-order valence-electron chi connectivity index (χ1n) is 26.2. The molecule has 0 aromatic heterocycles. The van der Waals surface area contributed by atoms with Gasteiger partial charge in [0.1, 0.15) is 0 Å². The minimum absolute atomic E-state index is 0.526. The van der Waals surface area contributed by atoms with Crippen molar-refractivity contribution in [2.24, 2.45) is 0 Å². The van der Waals surface area contributed by atoms with Crippen molar-refractivity contribution in [1.29, 1.82) is 0 Å². The minimum Gasteiger partial charge on any atom is -0.311 e. The second kappa shape index (κ2) is 19.6. The zero-order chi connectivity index (χ0) is 51.0. The summed E-state index contributed by atoms with van der Waals surface area (Å²) in [4.78, 5) is 4.83. The molecule has 2 aliphatic rings. The van der Waals surface area contributed by atoms with Gasteiger partial charge in [-0.05, 0) is 145 Å². The van der Waals surface area contributed by atoms with Gasteiger partial charge in [0.2, 0.25) is 0 Å². The normalized spacial score (nSPS) is 13.8. The van der Waals surface area contributed by atoms with Gasteiger partial charge in [-0.15, -0.1) is 0 Å². The molecule has 360 valence electrons. The van der Waals surface area contributed by atoms with Gasteiger partial charge in [0, 0.05) is 33.9 Å². The Hall–Kier alpha value is -9.76. The van der Waals surface area contributed by atoms with Crippen molar-refractivity contribution < 1.29 is 0 Å². The summed E-state index contributed by atoms with van der Waals surface area (Å²) in [5.74, 6) is 0. The molecule has 0 heterocycles. The third kappa shape index (κ3) is 7.74. The number of anilines is 6. The maximum absolute atomic E-state index is 4.30. The summed E-state index contributed by atoms with van der Waals surface area (Å²) in [6.07, 6.45) is 6.53. The fourth-order valence-corrected chi connectivity index (χ4v) is 12.1. The van der Waals surface area contributed by atoms with E-state index in [4.69, 9.17) is 0 Å². The molecule has 0 atom stereocenters. The van der Waals surface area contributed by atoms with Gasteiger partial charge >= 0.3 is 0 Å². The van der Waals surface area contributed by atoms with E-state index in [0.717, 1.165) is 56.4 Å². The van der Waals surface area contributed by atoms with Crippen molar-refractivity contribution in [2.45, 2.75) is 12.3 Å². The van der Waals surface area contributed by atoms with Gasteiger partial charge in [-0.25, -0.2) is 0 Å². The van der Waals surface area contributed by atoms with Gasteiger partial charge < -0.3 is 9.80 Å². The summed E-state index contributed by atoms with van der Waals surface area (Å²) < 4.78 is 0. The monoisotopic (exact) mass is 970 g/mol. The molecule has 13 rings (SSSR count). The van der Waals surface area contributed by atoms with Crippen LogP contribution in [0.25, 0.3) is 61.2 Å². The number of fused-ring (bicyclic) bond motifs is 7. The maximum atomic E-state index is 4.30. The quantitative estimate of drug-likeness (QED) is 0.127. The summed E-state index contributed by atoms with van der Waals surface area (Å²) in [6.45, 7) is 6.49. The Balaban J connectivity index is 0.920. The van der Waals surface area contributed by atoms with Crippen LogP contribution in [0, 0.1) is 0 Å². The number of rotatable bonds is 11. The minimum atomic E-state index is -0.526. The maximum Gasteiger partial charge on any atom is 0.0726 e. The fraction of sp³-hybridized carbons (Fsp3) is 0.0270. The topological polar surface area (TPSA) is 6.48 Å². The second-order valence-corrected chi connectivity index (χ2v) is 19.5. The number of benzene rings is 11. The van der Waals surface area contributed by atoms with Crippen molar-refractivity contribution in [3.63, 3.8) is 0 Å². The number of hydrogen-bond acceptors (Lipinski definition) is 2. The Morgan fingerprint density at radius 2 is 0.671 bits per heavy atom. The zero-order valence-electron chi connectivity index (χ0n) is 42.4. The van der Waals surface area contributed by atoms with Gasteiger partial charge in [0.25, 0.3) is 0 Å². The van der Waals surface area contributed by atoms with Gasteiger partial charge in [-0.1, -0.05) is 243 Å². The highest BCUT2D eigenvalue weighted by atomic mass is 15.2. The molecule has 0 saturated carbocycles. The Labute approximate surface area is 446 Å². The van der Waals surface area contributed by atoms with E-state index >= 15 is 0 Å². The molecule has 0 saturated heterocycles. The van der Waals surface area contributed by atoms with Crippen LogP contribution in [-0.4, -0.2) is 0 Å². The highest BCUT2D eigenvalue weighted by Crippen LogP contribution is 2.65. The van der Waals surface area contributed by atoms with Crippen molar-refractivity contribution in [3.05, 3.63) is 332 Å². The molecule has 0 amide bonds. The smallest absolute Gasteiger partial charge is 0.0726 e. The summed E-state index contributed by atoms with van der Waals surface area (Å²) in [5.41, 5.74) is 25.5. The van der Waals surface area contributed by atoms with Crippen molar-refractivity contribution in [1.82, 2.24) is 0 Å². The lowest BCUT2D eigenvalue weighted by atomic mass is 9.70. The molecule has 0 unspecified atom stereocenters. The van der Waals surface area contributed by atoms with Crippen LogP contribution >= 0.6 is 0 Å². The molecule has 0 bridgehead atoms. The van der Waals surface area contributed by atoms with Crippen LogP contribution in [-0.2, 0) is 5.41 Å². The lowest BCUT2D eigenvalue weighted by molar-refractivity contribution is 0.794. The predicted molar refractivity (Wildman–Crippen MR) is 321 cm³/mol. The van der Waals surface area contributed by atoms with Gasteiger partial charge in [-0.3, -0.25) is 0 Å². The highest BCUT2D eigenvalue weighted by Gasteiger charge is 2.54. The van der Waals surface area contributed by atoms with E-state index < -0.39 is 5.41 Å². The van der Waals surface area contributed by atoms with E-state index in [0.29, 0.717) is 0 Å². The Bertz CT molecular complexity index is 3840. The molecule has 0 fully saturated rings. The molecular formula is C74H54N2. The first kappa shape index (κ1) is 46.1. The molecule has 76 heavy (non-hydrogen) atoms. The fourth-order valence-electron chi connectivity index (χ4n) is 12.1. The lowest BCUT2D eigenvalue weighted by Gasteiger charge is -2.32. The number of nitrogens with zero attached hydrogens (tertiary/aromatic N) is 2. The van der Waals surface area contributed by atoms with Crippen molar-refractivity contribution in [2.75, 3.05) is 9.80 Å². The first-order chi connectivity index (χ1) is 37.6. The van der Waals surface area contributed by atoms with E-state index in [1.54, 1.807) is 0 Å². The Kier molecular flexibility index (Phi) is 11.9. The van der Waals surface area contributed by atoms with Gasteiger partial charge in [0.15, 0.2) is 0 Å². The summed E-state index contributed by atoms with van der Waals surface area (Å²) in [6, 6.07) is 102. The predicted octanol–water partition coefficient (Wildman–Crippen LogP) is 20.1. The largest absolute Gasteiger partial charge is 0.311 e. The highest BCUT2D eigenvalue weighted by molar-refractivity contribution is 6.05. The SMILES string of the molecule is C=C/C=C1\C(=C/C)c2c(N(c3ccc(-c4ccc(N(c5ccc(-c6ccccc6)cc5)c5ccc(-c6ccccc6)cc5)cc4)cc3)c3ccccc3-c3ccccc3)cccc2C12c1ccccc1-c1ccccc12. The molecule has 2 nitrogen and oxygen atoms in total. The third-order valence-electron chi connectivity index (χ3n) is 15.5. The van der Waals surface area contributed by atoms with Crippen LogP contribution in [0.1, 0.15) is 29.2 Å². The van der Waals surface area contributed by atoms with Gasteiger partial charge in [0.05, 0.1) is 16.8 Å². The number of allylic oxidation sites excluding steroid dienone is 5. The Morgan fingerprint density at radius 3 is 1.12 bits per heavy atom. The molecule has 2 heteroatoms. The van der Waals surface area contributed by atoms with Crippen LogP contribution in [0.2, 0.25) is 0 Å². The average Bonchev–Trinajstić information content (AvgIpc) is 4.05. The van der Waals surface area contributed by atoms with E-state index in [1.807, 2.05) is 6.08 Å². The first-order valence-corrected chi connectivity index (χ1v) is 26.2. The standard InChI is InChI=1S/C74H54N2/c1-3-21-67-63(4-2)73-70(74(67)68-31-17-14-29-65(68)66-30-15-18-32-69(66)74)33-20-35-72(73)76(71-34-19-16-28-64(71)58-26-12-7-13-27-58)62-50-42-57(43-51-62)56-40-48-61(49-41-56)75(59-44-36-54(37-45-59)52-22-8-5-9-23-52)60-46-38-55(39-47-60)53-24-10-6-11-25-53/h3-51H,1H2,2H3/b63-4+,67-21+. The van der Waals surface area contributed by atoms with Crippen molar-refractivity contribution >= 4 is 39.7 Å². The van der Waals surface area contributed by atoms with Crippen LogP contribution in [0.3, 0.4) is 0 Å². The van der Waals surface area contributed by atoms with Crippen LogP contribution in [0.5, 0.6) is 0 Å². The van der Waals surface area contributed by atoms with Crippen molar-refractivity contribution in [3.8, 4) is 55.6 Å². The summed E-state index contributed by atoms with van der Waals surface area (Å²) in [7, 11) is 0. The molecule has 0 N–H and O–H groups in total. The van der Waals surface area contributed by atoms with Crippen LogP contribution in [0.4, 0.5) is 34.1 Å². The Morgan fingerprint density at radius 1 is 0.316 bits per heavy atom. The van der Waals surface area contributed by atoms with E-state index in [-0.39, 0.29) is 0 Å². The molecule has 0 radical (unpaired) electrons. The molecule has 1 spiro atoms. The molecule has 2 aliphatic carbocycles.